The molecule has 0 saturated heterocycles. The minimum atomic E-state index is -0.188. The van der Waals surface area contributed by atoms with Crippen LogP contribution < -0.4 is 0 Å². The van der Waals surface area contributed by atoms with Gasteiger partial charge in [-0.05, 0) is 25.2 Å². The van der Waals surface area contributed by atoms with E-state index in [0.29, 0.717) is 18.1 Å². The van der Waals surface area contributed by atoms with Crippen LogP contribution in [0.3, 0.4) is 0 Å². The number of carbonyl (C=O) groups is 1. The number of unbranched alkanes of at least 4 members (excludes halogenated alkanes) is 1. The Kier molecular flexibility index (Phi) is 8.32. The Balaban J connectivity index is 2.02. The maximum absolute atomic E-state index is 11.8. The number of carbonyl (C=O) groups excluding carboxylic acids is 1. The Labute approximate surface area is 112 Å². The van der Waals surface area contributed by atoms with Gasteiger partial charge in [-0.1, -0.05) is 51.9 Å². The molecule has 2 nitrogen and oxygen atoms in total. The van der Waals surface area contributed by atoms with Crippen molar-refractivity contribution in [2.75, 3.05) is 0 Å². The van der Waals surface area contributed by atoms with Crippen LogP contribution >= 0.6 is 0 Å². The average Bonchev–Trinajstić information content (AvgIpc) is 2.37. The zero-order valence-electron chi connectivity index (χ0n) is 12.0. The Hall–Kier alpha value is -0.370. The molecule has 18 heavy (non-hydrogen) atoms. The summed E-state index contributed by atoms with van der Waals surface area (Å²) in [6, 6.07) is 0. The van der Waals surface area contributed by atoms with Gasteiger partial charge < -0.3 is 5.11 Å². The van der Waals surface area contributed by atoms with Gasteiger partial charge in [0.25, 0.3) is 0 Å². The van der Waals surface area contributed by atoms with Gasteiger partial charge in [-0.15, -0.1) is 0 Å². The zero-order chi connectivity index (χ0) is 13.2. The number of hydrogen-bond acceptors (Lipinski definition) is 2. The SMILES string of the molecule is CCCCC(O)CCCC(=O)CC1CCCCC1. The van der Waals surface area contributed by atoms with E-state index < -0.39 is 0 Å². The predicted molar refractivity (Wildman–Crippen MR) is 75.6 cm³/mol. The van der Waals surface area contributed by atoms with E-state index in [2.05, 4.69) is 6.92 Å². The number of rotatable bonds is 9. The lowest BCUT2D eigenvalue weighted by atomic mass is 9.85. The van der Waals surface area contributed by atoms with E-state index in [1.165, 1.54) is 32.1 Å². The fraction of sp³-hybridized carbons (Fsp3) is 0.938. The van der Waals surface area contributed by atoms with Crippen LogP contribution in [0, 0.1) is 5.92 Å². The molecule has 0 radical (unpaired) electrons. The van der Waals surface area contributed by atoms with Crippen molar-refractivity contribution in [3.8, 4) is 0 Å². The molecule has 1 atom stereocenters. The molecule has 1 fully saturated rings. The molecule has 0 heterocycles. The van der Waals surface area contributed by atoms with Crippen molar-refractivity contribution >= 4 is 5.78 Å². The second-order valence-electron chi connectivity index (χ2n) is 5.94. The highest BCUT2D eigenvalue weighted by atomic mass is 16.3. The summed E-state index contributed by atoms with van der Waals surface area (Å²) >= 11 is 0. The third kappa shape index (κ3) is 7.15. The maximum Gasteiger partial charge on any atom is 0.133 e. The molecule has 0 spiro atoms. The molecule has 0 aromatic rings. The zero-order valence-corrected chi connectivity index (χ0v) is 12.0. The minimum absolute atomic E-state index is 0.188. The Morgan fingerprint density at radius 2 is 1.83 bits per heavy atom. The van der Waals surface area contributed by atoms with Crippen molar-refractivity contribution in [1.82, 2.24) is 0 Å². The van der Waals surface area contributed by atoms with Gasteiger partial charge in [-0.3, -0.25) is 4.79 Å². The van der Waals surface area contributed by atoms with E-state index in [0.717, 1.165) is 38.5 Å². The fourth-order valence-corrected chi connectivity index (χ4v) is 2.93. The Morgan fingerprint density at radius 3 is 2.50 bits per heavy atom. The summed E-state index contributed by atoms with van der Waals surface area (Å²) in [5.74, 6) is 1.08. The first kappa shape index (κ1) is 15.7. The van der Waals surface area contributed by atoms with Gasteiger partial charge in [0.15, 0.2) is 0 Å². The third-order valence-electron chi connectivity index (χ3n) is 4.12. The van der Waals surface area contributed by atoms with Gasteiger partial charge in [0.2, 0.25) is 0 Å². The number of ketones is 1. The van der Waals surface area contributed by atoms with Crippen LogP contribution in [0.4, 0.5) is 0 Å². The normalized spacial score (nSPS) is 18.8. The molecule has 0 bridgehead atoms. The van der Waals surface area contributed by atoms with E-state index >= 15 is 0 Å². The first-order valence-corrected chi connectivity index (χ1v) is 7.92. The predicted octanol–water partition coefficient (Wildman–Crippen LogP) is 4.25. The Morgan fingerprint density at radius 1 is 1.17 bits per heavy atom. The molecule has 1 unspecified atom stereocenters. The highest BCUT2D eigenvalue weighted by Crippen LogP contribution is 2.27. The summed E-state index contributed by atoms with van der Waals surface area (Å²) in [6.07, 6.45) is 12.6. The minimum Gasteiger partial charge on any atom is -0.393 e. The van der Waals surface area contributed by atoms with Gasteiger partial charge >= 0.3 is 0 Å². The van der Waals surface area contributed by atoms with Crippen molar-refractivity contribution in [3.63, 3.8) is 0 Å². The summed E-state index contributed by atoms with van der Waals surface area (Å²) in [5.41, 5.74) is 0. The lowest BCUT2D eigenvalue weighted by Gasteiger charge is -2.20. The van der Waals surface area contributed by atoms with Gasteiger partial charge in [-0.2, -0.15) is 0 Å². The molecule has 1 rings (SSSR count). The lowest BCUT2D eigenvalue weighted by Crippen LogP contribution is -2.13. The molecule has 1 aliphatic carbocycles. The smallest absolute Gasteiger partial charge is 0.133 e. The largest absolute Gasteiger partial charge is 0.393 e. The van der Waals surface area contributed by atoms with Crippen molar-refractivity contribution in [1.29, 1.82) is 0 Å². The van der Waals surface area contributed by atoms with Crippen LogP contribution in [0.5, 0.6) is 0 Å². The quantitative estimate of drug-likeness (QED) is 0.668. The third-order valence-corrected chi connectivity index (χ3v) is 4.12. The van der Waals surface area contributed by atoms with E-state index in [1.807, 2.05) is 0 Å². The van der Waals surface area contributed by atoms with Crippen LogP contribution in [0.1, 0.15) is 84.0 Å². The van der Waals surface area contributed by atoms with E-state index in [9.17, 15) is 9.90 Å². The number of aliphatic hydroxyl groups is 1. The van der Waals surface area contributed by atoms with E-state index in [-0.39, 0.29) is 6.10 Å². The summed E-state index contributed by atoms with van der Waals surface area (Å²) in [7, 11) is 0. The molecule has 0 aliphatic heterocycles. The highest BCUT2D eigenvalue weighted by Gasteiger charge is 2.16. The second-order valence-corrected chi connectivity index (χ2v) is 5.94. The summed E-state index contributed by atoms with van der Waals surface area (Å²) in [5, 5.41) is 9.70. The van der Waals surface area contributed by atoms with Gasteiger partial charge in [-0.25, -0.2) is 0 Å². The fourth-order valence-electron chi connectivity index (χ4n) is 2.93. The topological polar surface area (TPSA) is 37.3 Å². The molecule has 0 amide bonds. The summed E-state index contributed by atoms with van der Waals surface area (Å²) in [6.45, 7) is 2.14. The Bertz CT molecular complexity index is 219. The van der Waals surface area contributed by atoms with Gasteiger partial charge in [0.1, 0.15) is 5.78 Å². The molecular formula is C16H30O2. The van der Waals surface area contributed by atoms with Crippen LogP contribution in [0.25, 0.3) is 0 Å². The molecule has 106 valence electrons. The van der Waals surface area contributed by atoms with Crippen LogP contribution in [-0.2, 0) is 4.79 Å². The number of Topliss-reactive ketones (excluding diaryl/α,β-unsaturated/α-hetero) is 1. The molecule has 0 aromatic carbocycles. The standard InChI is InChI=1S/C16H30O2/c1-2-3-10-15(17)11-7-12-16(18)13-14-8-5-4-6-9-14/h14-15,17H,2-13H2,1H3. The van der Waals surface area contributed by atoms with Crippen LogP contribution in [0.2, 0.25) is 0 Å². The summed E-state index contributed by atoms with van der Waals surface area (Å²) in [4.78, 5) is 11.8. The van der Waals surface area contributed by atoms with E-state index in [1.54, 1.807) is 0 Å². The highest BCUT2D eigenvalue weighted by molar-refractivity contribution is 5.78. The molecular weight excluding hydrogens is 224 g/mol. The molecule has 1 N–H and O–H groups in total. The molecule has 1 saturated carbocycles. The molecule has 0 aromatic heterocycles. The molecule has 1 aliphatic rings. The monoisotopic (exact) mass is 254 g/mol. The second kappa shape index (κ2) is 9.55. The van der Waals surface area contributed by atoms with Crippen LogP contribution in [-0.4, -0.2) is 17.0 Å². The van der Waals surface area contributed by atoms with Crippen molar-refractivity contribution in [2.24, 2.45) is 5.92 Å². The van der Waals surface area contributed by atoms with Gasteiger partial charge in [0.05, 0.1) is 6.10 Å². The van der Waals surface area contributed by atoms with Crippen molar-refractivity contribution < 1.29 is 9.90 Å². The van der Waals surface area contributed by atoms with Crippen molar-refractivity contribution in [3.05, 3.63) is 0 Å². The van der Waals surface area contributed by atoms with Crippen LogP contribution in [0.15, 0.2) is 0 Å². The average molecular weight is 254 g/mol. The van der Waals surface area contributed by atoms with E-state index in [4.69, 9.17) is 0 Å². The number of aliphatic hydroxyl groups excluding tert-OH is 1. The number of hydrogen-bond donors (Lipinski definition) is 1. The van der Waals surface area contributed by atoms with Crippen molar-refractivity contribution in [2.45, 2.75) is 90.1 Å². The first-order valence-electron chi connectivity index (χ1n) is 7.92. The van der Waals surface area contributed by atoms with Gasteiger partial charge in [0, 0.05) is 12.8 Å². The maximum atomic E-state index is 11.8. The lowest BCUT2D eigenvalue weighted by molar-refractivity contribution is -0.120. The first-order chi connectivity index (χ1) is 8.72. The molecule has 2 heteroatoms. The summed E-state index contributed by atoms with van der Waals surface area (Å²) < 4.78 is 0.